The van der Waals surface area contributed by atoms with Crippen LogP contribution in [0.15, 0.2) is 0 Å². The first kappa shape index (κ1) is 9.94. The van der Waals surface area contributed by atoms with E-state index in [4.69, 9.17) is 12.2 Å². The molecular weight excluding hydrogens is 190 g/mol. The van der Waals surface area contributed by atoms with Gasteiger partial charge in [-0.2, -0.15) is 12.6 Å². The van der Waals surface area contributed by atoms with Gasteiger partial charge in [0.1, 0.15) is 4.99 Å². The van der Waals surface area contributed by atoms with Gasteiger partial charge in [0.25, 0.3) is 0 Å². The number of rotatable bonds is 3. The molecule has 54 valence electrons. The van der Waals surface area contributed by atoms with E-state index in [1.807, 2.05) is 16.2 Å². The van der Waals surface area contributed by atoms with Crippen LogP contribution >= 0.6 is 48.7 Å². The summed E-state index contributed by atoms with van der Waals surface area (Å²) in [5, 5.41) is 0. The fourth-order valence-corrected chi connectivity index (χ4v) is 2.25. The minimum absolute atomic E-state index is 0.650. The minimum atomic E-state index is 0.650. The Morgan fingerprint density at radius 1 is 1.56 bits per heavy atom. The molecule has 0 saturated heterocycles. The van der Waals surface area contributed by atoms with Crippen LogP contribution in [0.3, 0.4) is 0 Å². The van der Waals surface area contributed by atoms with E-state index in [0.29, 0.717) is 5.75 Å². The SMILES string of the molecule is CSN(SC)C(=S)CS. The third-order valence-electron chi connectivity index (χ3n) is 0.671. The van der Waals surface area contributed by atoms with Crippen LogP contribution in [0.25, 0.3) is 0 Å². The average Bonchev–Trinajstić information content (AvgIpc) is 1.90. The number of hydrogen-bond donors (Lipinski definition) is 1. The van der Waals surface area contributed by atoms with E-state index in [1.54, 1.807) is 23.9 Å². The summed E-state index contributed by atoms with van der Waals surface area (Å²) in [4.78, 5) is 0.873. The van der Waals surface area contributed by atoms with Crippen LogP contribution in [0.4, 0.5) is 0 Å². The summed E-state index contributed by atoms with van der Waals surface area (Å²) in [5.41, 5.74) is 0. The Bertz CT molecular complexity index is 90.6. The normalized spacial score (nSPS) is 9.22. The number of nitrogens with zero attached hydrogens (tertiary/aromatic N) is 1. The van der Waals surface area contributed by atoms with Crippen molar-refractivity contribution in [3.63, 3.8) is 0 Å². The molecule has 0 spiro atoms. The zero-order chi connectivity index (χ0) is 7.28. The van der Waals surface area contributed by atoms with Gasteiger partial charge in [0.2, 0.25) is 0 Å². The lowest BCUT2D eigenvalue weighted by Gasteiger charge is -2.16. The molecule has 0 amide bonds. The highest BCUT2D eigenvalue weighted by molar-refractivity contribution is 8.13. The lowest BCUT2D eigenvalue weighted by atomic mass is 10.8. The molecule has 5 heteroatoms. The molecule has 0 radical (unpaired) electrons. The Morgan fingerprint density at radius 3 is 2.11 bits per heavy atom. The van der Waals surface area contributed by atoms with E-state index < -0.39 is 0 Å². The highest BCUT2D eigenvalue weighted by atomic mass is 32.2. The van der Waals surface area contributed by atoms with Gasteiger partial charge in [0.15, 0.2) is 0 Å². The van der Waals surface area contributed by atoms with Gasteiger partial charge in [-0.1, -0.05) is 12.2 Å². The molecule has 0 aromatic rings. The van der Waals surface area contributed by atoms with Gasteiger partial charge in [-0.25, -0.2) is 0 Å². The molecular formula is C4H9NS4. The van der Waals surface area contributed by atoms with Crippen LogP contribution in [-0.4, -0.2) is 27.0 Å². The second-order valence-electron chi connectivity index (χ2n) is 1.17. The smallest absolute Gasteiger partial charge is 0.109 e. The number of thiol groups is 1. The highest BCUT2D eigenvalue weighted by Crippen LogP contribution is 2.17. The second-order valence-corrected chi connectivity index (χ2v) is 3.65. The van der Waals surface area contributed by atoms with Gasteiger partial charge in [0.05, 0.1) is 0 Å². The Kier molecular flexibility index (Phi) is 6.30. The zero-order valence-electron chi connectivity index (χ0n) is 5.33. The summed E-state index contributed by atoms with van der Waals surface area (Å²) in [6.07, 6.45) is 3.98. The lowest BCUT2D eigenvalue weighted by molar-refractivity contribution is 1.17. The summed E-state index contributed by atoms with van der Waals surface area (Å²) in [6.45, 7) is 0. The largest absolute Gasteiger partial charge is 0.252 e. The van der Waals surface area contributed by atoms with Crippen molar-refractivity contribution in [2.24, 2.45) is 0 Å². The van der Waals surface area contributed by atoms with Crippen LogP contribution < -0.4 is 0 Å². The molecule has 9 heavy (non-hydrogen) atoms. The molecule has 0 aliphatic heterocycles. The Balaban J connectivity index is 3.64. The Hall–Kier alpha value is 0.940. The molecule has 0 aliphatic carbocycles. The molecule has 0 N–H and O–H groups in total. The highest BCUT2D eigenvalue weighted by Gasteiger charge is 2.02. The molecule has 0 aromatic heterocycles. The standard InChI is InChI=1S/C4H9NS4/c1-8-5(9-2)4(7)3-6/h6H,3H2,1-2H3. The van der Waals surface area contributed by atoms with Crippen LogP contribution in [0.2, 0.25) is 0 Å². The van der Waals surface area contributed by atoms with Crippen LogP contribution in [0, 0.1) is 0 Å². The molecule has 0 rings (SSSR count). The van der Waals surface area contributed by atoms with Crippen LogP contribution in [-0.2, 0) is 0 Å². The Labute approximate surface area is 75.6 Å². The van der Waals surface area contributed by atoms with Crippen molar-refractivity contribution in [3.05, 3.63) is 0 Å². The maximum Gasteiger partial charge on any atom is 0.109 e. The summed E-state index contributed by atoms with van der Waals surface area (Å²) in [6, 6.07) is 0. The van der Waals surface area contributed by atoms with Gasteiger partial charge >= 0.3 is 0 Å². The Morgan fingerprint density at radius 2 is 2.00 bits per heavy atom. The molecule has 0 bridgehead atoms. The van der Waals surface area contributed by atoms with E-state index in [2.05, 4.69) is 12.6 Å². The summed E-state index contributed by atoms with van der Waals surface area (Å²) in [5.74, 6) is 0.650. The predicted octanol–water partition coefficient (Wildman–Crippen LogP) is 2.10. The number of hydrogen-bond acceptors (Lipinski definition) is 4. The quantitative estimate of drug-likeness (QED) is 0.421. The van der Waals surface area contributed by atoms with E-state index in [9.17, 15) is 0 Å². The molecule has 0 heterocycles. The minimum Gasteiger partial charge on any atom is -0.252 e. The van der Waals surface area contributed by atoms with E-state index >= 15 is 0 Å². The van der Waals surface area contributed by atoms with E-state index in [-0.39, 0.29) is 0 Å². The summed E-state index contributed by atoms with van der Waals surface area (Å²) in [7, 11) is 0. The molecule has 0 fully saturated rings. The topological polar surface area (TPSA) is 3.24 Å². The van der Waals surface area contributed by atoms with Crippen molar-refractivity contribution in [1.29, 1.82) is 0 Å². The summed E-state index contributed by atoms with van der Waals surface area (Å²) < 4.78 is 1.96. The molecule has 0 unspecified atom stereocenters. The maximum absolute atomic E-state index is 4.98. The van der Waals surface area contributed by atoms with Gasteiger partial charge < -0.3 is 0 Å². The van der Waals surface area contributed by atoms with Crippen molar-refractivity contribution in [2.45, 2.75) is 0 Å². The molecule has 0 saturated carbocycles. The first-order valence-corrected chi connectivity index (χ1v) is 5.68. The second kappa shape index (κ2) is 5.70. The average molecular weight is 199 g/mol. The monoisotopic (exact) mass is 199 g/mol. The van der Waals surface area contributed by atoms with Crippen molar-refractivity contribution >= 4 is 53.7 Å². The third kappa shape index (κ3) is 3.60. The number of thiocarbonyl (C=S) groups is 1. The van der Waals surface area contributed by atoms with E-state index in [0.717, 1.165) is 4.99 Å². The van der Waals surface area contributed by atoms with Crippen LogP contribution in [0.1, 0.15) is 0 Å². The summed E-state index contributed by atoms with van der Waals surface area (Å²) >= 11 is 12.3. The first-order valence-electron chi connectivity index (χ1n) is 2.28. The third-order valence-corrected chi connectivity index (χ3v) is 3.74. The van der Waals surface area contributed by atoms with Gasteiger partial charge in [0, 0.05) is 18.3 Å². The zero-order valence-corrected chi connectivity index (χ0v) is 8.67. The van der Waals surface area contributed by atoms with Gasteiger partial charge in [-0.05, 0) is 23.9 Å². The van der Waals surface area contributed by atoms with E-state index in [1.165, 1.54) is 0 Å². The van der Waals surface area contributed by atoms with Crippen molar-refractivity contribution < 1.29 is 0 Å². The molecule has 0 aromatic carbocycles. The first-order chi connectivity index (χ1) is 4.26. The molecule has 0 atom stereocenters. The maximum atomic E-state index is 4.98. The van der Waals surface area contributed by atoms with Crippen LogP contribution in [0.5, 0.6) is 0 Å². The fourth-order valence-electron chi connectivity index (χ4n) is 0.336. The fraction of sp³-hybridized carbons (Fsp3) is 0.750. The van der Waals surface area contributed by atoms with Crippen molar-refractivity contribution in [3.8, 4) is 0 Å². The van der Waals surface area contributed by atoms with Crippen molar-refractivity contribution in [2.75, 3.05) is 18.3 Å². The van der Waals surface area contributed by atoms with Gasteiger partial charge in [-0.3, -0.25) is 3.71 Å². The van der Waals surface area contributed by atoms with Gasteiger partial charge in [-0.15, -0.1) is 0 Å². The molecule has 0 aliphatic rings. The lowest BCUT2D eigenvalue weighted by Crippen LogP contribution is -2.14. The predicted molar refractivity (Wildman–Crippen MR) is 55.3 cm³/mol. The van der Waals surface area contributed by atoms with Crippen molar-refractivity contribution in [1.82, 2.24) is 3.71 Å². The molecule has 1 nitrogen and oxygen atoms in total.